The van der Waals surface area contributed by atoms with Crippen molar-refractivity contribution in [2.75, 3.05) is 44.5 Å². The van der Waals surface area contributed by atoms with Gasteiger partial charge in [0, 0.05) is 43.8 Å². The van der Waals surface area contributed by atoms with Crippen LogP contribution in [-0.4, -0.2) is 69.6 Å². The molecule has 1 fully saturated rings. The average molecular weight is 543 g/mol. The number of allylic oxidation sites excluding steroid dienone is 1. The number of pyridine rings is 1. The lowest BCUT2D eigenvalue weighted by Crippen LogP contribution is -2.41. The van der Waals surface area contributed by atoms with Gasteiger partial charge in [0.15, 0.2) is 11.5 Å². The van der Waals surface area contributed by atoms with Gasteiger partial charge in [-0.1, -0.05) is 12.1 Å². The standard InChI is InChI=1S/C30H38N8O2/c1-7-17-37-28(39)24-20-31-29(34-27(24)38(37)26-10-8-9-25(33-26)30(2,3)40-6)32-21-11-13-23(14-12-21)36-18-15-22(16-19-36)35(4)5/h7-14,20,22H,1,15-19H2,2-6H3,(H,31,32,34). The molecule has 10 nitrogen and oxygen atoms in total. The number of nitrogens with one attached hydrogen (secondary N) is 1. The Balaban J connectivity index is 1.45. The van der Waals surface area contributed by atoms with Crippen molar-refractivity contribution in [1.29, 1.82) is 0 Å². The largest absolute Gasteiger partial charge is 0.373 e. The van der Waals surface area contributed by atoms with E-state index in [2.05, 4.69) is 52.9 Å². The van der Waals surface area contributed by atoms with Crippen molar-refractivity contribution >= 4 is 28.4 Å². The highest BCUT2D eigenvalue weighted by Crippen LogP contribution is 2.26. The summed E-state index contributed by atoms with van der Waals surface area (Å²) < 4.78 is 8.92. The first-order valence-electron chi connectivity index (χ1n) is 13.6. The number of fused-ring (bicyclic) bond motifs is 1. The lowest BCUT2D eigenvalue weighted by atomic mass is 10.0. The molecule has 1 N–H and O–H groups in total. The van der Waals surface area contributed by atoms with E-state index in [-0.39, 0.29) is 5.56 Å². The number of benzene rings is 1. The summed E-state index contributed by atoms with van der Waals surface area (Å²) in [5.41, 5.74) is 2.47. The van der Waals surface area contributed by atoms with E-state index < -0.39 is 5.60 Å². The molecule has 0 saturated carbocycles. The van der Waals surface area contributed by atoms with Gasteiger partial charge in [-0.15, -0.1) is 6.58 Å². The predicted octanol–water partition coefficient (Wildman–Crippen LogP) is 4.32. The van der Waals surface area contributed by atoms with Gasteiger partial charge in [0.2, 0.25) is 5.95 Å². The highest BCUT2D eigenvalue weighted by molar-refractivity contribution is 5.77. The number of ether oxygens (including phenoxy) is 1. The van der Waals surface area contributed by atoms with E-state index in [9.17, 15) is 4.79 Å². The minimum atomic E-state index is -0.599. The van der Waals surface area contributed by atoms with Crippen molar-refractivity contribution in [2.45, 2.75) is 44.9 Å². The summed E-state index contributed by atoms with van der Waals surface area (Å²) in [4.78, 5) is 32.1. The van der Waals surface area contributed by atoms with Crippen molar-refractivity contribution in [3.8, 4) is 5.82 Å². The number of methoxy groups -OCH3 is 1. The summed E-state index contributed by atoms with van der Waals surface area (Å²) in [5.74, 6) is 0.952. The van der Waals surface area contributed by atoms with E-state index in [0.29, 0.717) is 35.4 Å². The van der Waals surface area contributed by atoms with Crippen LogP contribution in [0.15, 0.2) is 66.1 Å². The normalized spacial score (nSPS) is 14.7. The molecule has 0 radical (unpaired) electrons. The molecule has 0 amide bonds. The molecule has 0 spiro atoms. The fraction of sp³-hybridized carbons (Fsp3) is 0.400. The van der Waals surface area contributed by atoms with Crippen LogP contribution in [-0.2, 0) is 16.9 Å². The molecule has 10 heteroatoms. The fourth-order valence-electron chi connectivity index (χ4n) is 5.11. The lowest BCUT2D eigenvalue weighted by Gasteiger charge is -2.36. The maximum atomic E-state index is 13.3. The third-order valence-corrected chi connectivity index (χ3v) is 7.74. The molecule has 210 valence electrons. The molecule has 4 heterocycles. The summed E-state index contributed by atoms with van der Waals surface area (Å²) in [6.45, 7) is 10.1. The number of nitrogens with zero attached hydrogens (tertiary/aromatic N) is 7. The van der Waals surface area contributed by atoms with Crippen LogP contribution in [0, 0.1) is 0 Å². The average Bonchev–Trinajstić information content (AvgIpc) is 3.24. The quantitative estimate of drug-likeness (QED) is 0.313. The molecule has 0 atom stereocenters. The number of aromatic nitrogens is 5. The number of piperidine rings is 1. The molecule has 3 aromatic heterocycles. The zero-order chi connectivity index (χ0) is 28.4. The third-order valence-electron chi connectivity index (χ3n) is 7.74. The maximum Gasteiger partial charge on any atom is 0.278 e. The third kappa shape index (κ3) is 5.37. The summed E-state index contributed by atoms with van der Waals surface area (Å²) in [6, 6.07) is 14.6. The van der Waals surface area contributed by atoms with Gasteiger partial charge in [0.1, 0.15) is 11.0 Å². The molecular weight excluding hydrogens is 504 g/mol. The second-order valence-electron chi connectivity index (χ2n) is 10.9. The first-order valence-corrected chi connectivity index (χ1v) is 13.6. The van der Waals surface area contributed by atoms with Crippen LogP contribution < -0.4 is 15.8 Å². The zero-order valence-corrected chi connectivity index (χ0v) is 24.0. The smallest absolute Gasteiger partial charge is 0.278 e. The second kappa shape index (κ2) is 11.2. The van der Waals surface area contributed by atoms with Gasteiger partial charge < -0.3 is 19.9 Å². The number of hydrogen-bond acceptors (Lipinski definition) is 8. The number of anilines is 3. The van der Waals surface area contributed by atoms with Crippen molar-refractivity contribution in [3.63, 3.8) is 0 Å². The van der Waals surface area contributed by atoms with Gasteiger partial charge in [-0.2, -0.15) is 4.98 Å². The first-order chi connectivity index (χ1) is 19.2. The highest BCUT2D eigenvalue weighted by atomic mass is 16.5. The number of hydrogen-bond donors (Lipinski definition) is 1. The molecule has 5 rings (SSSR count). The molecule has 1 aliphatic heterocycles. The van der Waals surface area contributed by atoms with E-state index in [1.165, 1.54) is 5.69 Å². The molecule has 4 aromatic rings. The topological polar surface area (TPSA) is 93.3 Å². The molecule has 1 aromatic carbocycles. The summed E-state index contributed by atoms with van der Waals surface area (Å²) in [7, 11) is 5.96. The Morgan fingerprint density at radius 3 is 2.50 bits per heavy atom. The van der Waals surface area contributed by atoms with Crippen molar-refractivity contribution in [3.05, 3.63) is 77.4 Å². The van der Waals surface area contributed by atoms with Crippen LogP contribution >= 0.6 is 0 Å². The molecule has 0 unspecified atom stereocenters. The van der Waals surface area contributed by atoms with Crippen LogP contribution in [0.5, 0.6) is 0 Å². The van der Waals surface area contributed by atoms with Gasteiger partial charge in [-0.25, -0.2) is 19.3 Å². The number of rotatable bonds is 9. The van der Waals surface area contributed by atoms with Crippen LogP contribution in [0.4, 0.5) is 17.3 Å². The highest BCUT2D eigenvalue weighted by Gasteiger charge is 2.24. The first kappa shape index (κ1) is 27.5. The van der Waals surface area contributed by atoms with Crippen LogP contribution in [0.1, 0.15) is 32.4 Å². The van der Waals surface area contributed by atoms with Gasteiger partial charge in [-0.3, -0.25) is 4.79 Å². The maximum absolute atomic E-state index is 13.3. The van der Waals surface area contributed by atoms with Gasteiger partial charge in [-0.05, 0) is 77.2 Å². The van der Waals surface area contributed by atoms with Gasteiger partial charge >= 0.3 is 0 Å². The summed E-state index contributed by atoms with van der Waals surface area (Å²) in [6.07, 6.45) is 5.57. The van der Waals surface area contributed by atoms with Crippen molar-refractivity contribution in [2.24, 2.45) is 0 Å². The van der Waals surface area contributed by atoms with E-state index in [4.69, 9.17) is 14.7 Å². The van der Waals surface area contributed by atoms with Crippen molar-refractivity contribution in [1.82, 2.24) is 29.2 Å². The SMILES string of the molecule is C=CCn1c(=O)c2cnc(Nc3ccc(N4CCC(N(C)C)CC4)cc3)nc2n1-c1cccc(C(C)(C)OC)n1. The lowest BCUT2D eigenvalue weighted by molar-refractivity contribution is 0.0154. The Morgan fingerprint density at radius 2 is 1.85 bits per heavy atom. The Hall–Kier alpha value is -4.02. The summed E-state index contributed by atoms with van der Waals surface area (Å²) >= 11 is 0. The van der Waals surface area contributed by atoms with Crippen LogP contribution in [0.2, 0.25) is 0 Å². The molecule has 40 heavy (non-hydrogen) atoms. The van der Waals surface area contributed by atoms with Gasteiger partial charge in [0.25, 0.3) is 5.56 Å². The second-order valence-corrected chi connectivity index (χ2v) is 10.9. The Bertz CT molecular complexity index is 1550. The predicted molar refractivity (Wildman–Crippen MR) is 160 cm³/mol. The molecule has 0 bridgehead atoms. The van der Waals surface area contributed by atoms with E-state index in [1.54, 1.807) is 28.7 Å². The fourth-order valence-corrected chi connectivity index (χ4v) is 5.11. The van der Waals surface area contributed by atoms with E-state index in [0.717, 1.165) is 37.3 Å². The van der Waals surface area contributed by atoms with E-state index >= 15 is 0 Å². The van der Waals surface area contributed by atoms with Crippen LogP contribution in [0.3, 0.4) is 0 Å². The Morgan fingerprint density at radius 1 is 1.12 bits per heavy atom. The zero-order valence-electron chi connectivity index (χ0n) is 24.0. The molecule has 1 saturated heterocycles. The van der Waals surface area contributed by atoms with E-state index in [1.807, 2.05) is 44.2 Å². The Labute approximate surface area is 234 Å². The molecular formula is C30H38N8O2. The van der Waals surface area contributed by atoms with Crippen molar-refractivity contribution < 1.29 is 4.74 Å². The summed E-state index contributed by atoms with van der Waals surface area (Å²) in [5, 5.41) is 3.70. The van der Waals surface area contributed by atoms with Crippen LogP contribution in [0.25, 0.3) is 16.9 Å². The minimum Gasteiger partial charge on any atom is -0.373 e. The minimum absolute atomic E-state index is 0.206. The molecule has 0 aliphatic carbocycles. The molecule has 1 aliphatic rings. The monoisotopic (exact) mass is 542 g/mol. The Kier molecular flexibility index (Phi) is 7.73. The van der Waals surface area contributed by atoms with Gasteiger partial charge in [0.05, 0.1) is 12.2 Å².